The van der Waals surface area contributed by atoms with Crippen LogP contribution < -0.4 is 9.62 Å². The van der Waals surface area contributed by atoms with E-state index in [1.165, 1.54) is 16.7 Å². The fourth-order valence-electron chi connectivity index (χ4n) is 5.01. The van der Waals surface area contributed by atoms with E-state index in [1.54, 1.807) is 36.4 Å². The van der Waals surface area contributed by atoms with Crippen LogP contribution in [0.2, 0.25) is 0 Å². The summed E-state index contributed by atoms with van der Waals surface area (Å²) in [4.78, 5) is 31.1. The topological polar surface area (TPSA) is 86.8 Å². The van der Waals surface area contributed by atoms with E-state index >= 15 is 0 Å². The highest BCUT2D eigenvalue weighted by Crippen LogP contribution is 2.27. The monoisotopic (exact) mass is 657 g/mol. The number of nitrogens with one attached hydrogen (secondary N) is 1. The molecule has 0 aliphatic rings. The fraction of sp³-hybridized carbons (Fsp3) is 0.297. The van der Waals surface area contributed by atoms with Gasteiger partial charge >= 0.3 is 0 Å². The molecule has 0 aromatic heterocycles. The highest BCUT2D eigenvalue weighted by Gasteiger charge is 2.35. The van der Waals surface area contributed by atoms with E-state index < -0.39 is 34.1 Å². The third kappa shape index (κ3) is 9.23. The van der Waals surface area contributed by atoms with Gasteiger partial charge in [0.25, 0.3) is 10.0 Å². The summed E-state index contributed by atoms with van der Waals surface area (Å²) in [5, 5.41) is 3.06. The first kappa shape index (κ1) is 34.8. The van der Waals surface area contributed by atoms with Crippen molar-refractivity contribution in [2.45, 2.75) is 69.0 Å². The summed E-state index contributed by atoms with van der Waals surface area (Å²) in [5.41, 5.74) is 3.55. The number of rotatable bonds is 12. The van der Waals surface area contributed by atoms with Gasteiger partial charge in [-0.1, -0.05) is 77.9 Å². The number of thioether (sulfide) groups is 1. The first-order valence-electron chi connectivity index (χ1n) is 15.2. The number of aryl methyl sites for hydroxylation is 2. The number of benzene rings is 4. The molecule has 7 nitrogen and oxygen atoms in total. The molecule has 0 spiro atoms. The van der Waals surface area contributed by atoms with Crippen molar-refractivity contribution < 1.29 is 18.0 Å². The maximum atomic E-state index is 14.6. The number of hydrogen-bond acceptors (Lipinski definition) is 5. The van der Waals surface area contributed by atoms with Gasteiger partial charge < -0.3 is 10.2 Å². The largest absolute Gasteiger partial charge is 0.350 e. The number of hydrogen-bond donors (Lipinski definition) is 1. The molecule has 0 bridgehead atoms. The molecule has 0 aliphatic heterocycles. The van der Waals surface area contributed by atoms with Crippen LogP contribution in [0.5, 0.6) is 0 Å². The van der Waals surface area contributed by atoms with E-state index in [9.17, 15) is 18.0 Å². The molecule has 4 aromatic rings. The molecule has 2 amide bonds. The molecule has 242 valence electrons. The van der Waals surface area contributed by atoms with Crippen LogP contribution in [-0.4, -0.2) is 49.5 Å². The Labute approximate surface area is 278 Å². The van der Waals surface area contributed by atoms with Gasteiger partial charge in [0.15, 0.2) is 0 Å². The lowest BCUT2D eigenvalue weighted by Gasteiger charge is -2.35. The summed E-state index contributed by atoms with van der Waals surface area (Å²) in [6, 6.07) is 30.1. The number of sulfonamides is 1. The van der Waals surface area contributed by atoms with E-state index in [0.29, 0.717) is 5.69 Å². The van der Waals surface area contributed by atoms with Gasteiger partial charge in [-0.2, -0.15) is 0 Å². The summed E-state index contributed by atoms with van der Waals surface area (Å²) in [6.45, 7) is 9.21. The molecule has 4 rings (SSSR count). The Kier molecular flexibility index (Phi) is 11.3. The number of carbonyl (C=O) groups excluding carboxylic acids is 2. The number of nitrogens with zero attached hydrogens (tertiary/aromatic N) is 2. The molecule has 9 heteroatoms. The van der Waals surface area contributed by atoms with Crippen molar-refractivity contribution in [2.75, 3.05) is 17.1 Å². The average molecular weight is 658 g/mol. The maximum Gasteiger partial charge on any atom is 0.264 e. The van der Waals surface area contributed by atoms with Gasteiger partial charge in [0.1, 0.15) is 12.6 Å². The molecule has 0 heterocycles. The number of anilines is 1. The lowest BCUT2D eigenvalue weighted by Crippen LogP contribution is -2.56. The van der Waals surface area contributed by atoms with E-state index in [0.717, 1.165) is 31.5 Å². The Balaban J connectivity index is 1.81. The lowest BCUT2D eigenvalue weighted by atomic mass is 10.0. The molecule has 1 N–H and O–H groups in total. The minimum atomic E-state index is -4.16. The highest BCUT2D eigenvalue weighted by molar-refractivity contribution is 7.98. The minimum Gasteiger partial charge on any atom is -0.350 e. The van der Waals surface area contributed by atoms with Crippen LogP contribution in [0.15, 0.2) is 113 Å². The van der Waals surface area contributed by atoms with E-state index in [1.807, 2.05) is 108 Å². The first-order valence-corrected chi connectivity index (χ1v) is 17.9. The molecule has 46 heavy (non-hydrogen) atoms. The van der Waals surface area contributed by atoms with Crippen molar-refractivity contribution in [3.05, 3.63) is 125 Å². The predicted octanol–water partition coefficient (Wildman–Crippen LogP) is 6.78. The summed E-state index contributed by atoms with van der Waals surface area (Å²) in [6.07, 6.45) is 2.18. The van der Waals surface area contributed by atoms with Gasteiger partial charge in [-0.15, -0.1) is 11.8 Å². The maximum absolute atomic E-state index is 14.6. The van der Waals surface area contributed by atoms with Crippen molar-refractivity contribution >= 4 is 39.3 Å². The Morgan fingerprint density at radius 3 is 1.89 bits per heavy atom. The molecule has 4 aromatic carbocycles. The second-order valence-electron chi connectivity index (χ2n) is 12.5. The van der Waals surface area contributed by atoms with Crippen LogP contribution in [0.4, 0.5) is 5.69 Å². The third-order valence-corrected chi connectivity index (χ3v) is 10.0. The number of carbonyl (C=O) groups is 2. The van der Waals surface area contributed by atoms with E-state index in [-0.39, 0.29) is 23.8 Å². The van der Waals surface area contributed by atoms with Crippen LogP contribution in [-0.2, 0) is 32.6 Å². The normalized spacial score (nSPS) is 12.3. The van der Waals surface area contributed by atoms with Crippen molar-refractivity contribution in [1.82, 2.24) is 10.2 Å². The smallest absolute Gasteiger partial charge is 0.264 e. The summed E-state index contributed by atoms with van der Waals surface area (Å²) in [7, 11) is -4.16. The van der Waals surface area contributed by atoms with Crippen LogP contribution >= 0.6 is 11.8 Å². The zero-order valence-corrected chi connectivity index (χ0v) is 29.0. The Hall–Kier alpha value is -4.08. The van der Waals surface area contributed by atoms with Gasteiger partial charge in [0.2, 0.25) is 11.8 Å². The third-order valence-electron chi connectivity index (χ3n) is 7.49. The lowest BCUT2D eigenvalue weighted by molar-refractivity contribution is -0.140. The van der Waals surface area contributed by atoms with Crippen LogP contribution in [0.1, 0.15) is 43.0 Å². The Morgan fingerprint density at radius 1 is 0.783 bits per heavy atom. The standard InChI is InChI=1S/C37H43N3O4S2/c1-27-12-16-30(17-13-27)25-39(34(36(42)38-37(3,4)5)24-29-10-8-7-9-11-29)35(41)26-40(31-18-14-28(2)15-19-31)46(43,44)33-22-20-32(45-6)21-23-33/h7-23,34H,24-26H2,1-6H3,(H,38,42). The molecule has 0 radical (unpaired) electrons. The van der Waals surface area contributed by atoms with Gasteiger partial charge in [-0.3, -0.25) is 13.9 Å². The molecule has 1 unspecified atom stereocenters. The summed E-state index contributed by atoms with van der Waals surface area (Å²) >= 11 is 1.51. The molecule has 0 saturated heterocycles. The van der Waals surface area contributed by atoms with Gasteiger partial charge in [0, 0.05) is 23.4 Å². The van der Waals surface area contributed by atoms with Gasteiger partial charge in [-0.25, -0.2) is 8.42 Å². The van der Waals surface area contributed by atoms with Crippen molar-refractivity contribution in [3.63, 3.8) is 0 Å². The molecule has 0 aliphatic carbocycles. The molecule has 0 fully saturated rings. The van der Waals surface area contributed by atoms with Crippen molar-refractivity contribution in [2.24, 2.45) is 0 Å². The molecular formula is C37H43N3O4S2. The van der Waals surface area contributed by atoms with Gasteiger partial charge in [0.05, 0.1) is 10.6 Å². The SMILES string of the molecule is CSc1ccc(S(=O)(=O)N(CC(=O)N(Cc2ccc(C)cc2)C(Cc2ccccc2)C(=O)NC(C)(C)C)c2ccc(C)cc2)cc1. The Morgan fingerprint density at radius 2 is 1.35 bits per heavy atom. The predicted molar refractivity (Wildman–Crippen MR) is 187 cm³/mol. The van der Waals surface area contributed by atoms with Crippen LogP contribution in [0.25, 0.3) is 0 Å². The summed E-state index contributed by atoms with van der Waals surface area (Å²) in [5.74, 6) is -0.801. The summed E-state index contributed by atoms with van der Waals surface area (Å²) < 4.78 is 29.6. The van der Waals surface area contributed by atoms with Crippen LogP contribution in [0, 0.1) is 13.8 Å². The minimum absolute atomic E-state index is 0.0788. The molecule has 1 atom stereocenters. The molecular weight excluding hydrogens is 615 g/mol. The molecule has 0 saturated carbocycles. The first-order chi connectivity index (χ1) is 21.8. The average Bonchev–Trinajstić information content (AvgIpc) is 3.02. The van der Waals surface area contributed by atoms with Gasteiger partial charge in [-0.05, 0) is 88.4 Å². The number of amides is 2. The van der Waals surface area contributed by atoms with Crippen molar-refractivity contribution in [1.29, 1.82) is 0 Å². The Bertz CT molecular complexity index is 1720. The fourth-order valence-corrected chi connectivity index (χ4v) is 6.83. The van der Waals surface area contributed by atoms with Crippen LogP contribution in [0.3, 0.4) is 0 Å². The van der Waals surface area contributed by atoms with E-state index in [4.69, 9.17) is 0 Å². The second-order valence-corrected chi connectivity index (χ2v) is 15.2. The quantitative estimate of drug-likeness (QED) is 0.170. The van der Waals surface area contributed by atoms with Crippen molar-refractivity contribution in [3.8, 4) is 0 Å². The second kappa shape index (κ2) is 15.0. The zero-order chi connectivity index (χ0) is 33.5. The highest BCUT2D eigenvalue weighted by atomic mass is 32.2. The van der Waals surface area contributed by atoms with E-state index in [2.05, 4.69) is 5.32 Å². The zero-order valence-electron chi connectivity index (χ0n) is 27.4.